The summed E-state index contributed by atoms with van der Waals surface area (Å²) >= 11 is 0. The second-order valence-corrected chi connectivity index (χ2v) is 14.3. The fraction of sp³-hybridized carbons (Fsp3) is 0.821. The van der Waals surface area contributed by atoms with E-state index in [1.165, 1.54) is 4.90 Å². The van der Waals surface area contributed by atoms with Gasteiger partial charge in [-0.3, -0.25) is 14.4 Å². The van der Waals surface area contributed by atoms with E-state index in [0.29, 0.717) is 20.3 Å². The molecule has 13 heteroatoms. The van der Waals surface area contributed by atoms with Crippen LogP contribution in [0.15, 0.2) is 0 Å². The number of nitrogens with zero attached hydrogens (tertiary/aromatic N) is 2. The van der Waals surface area contributed by atoms with Crippen LogP contribution in [0.4, 0.5) is 18.0 Å². The number of halogens is 3. The van der Waals surface area contributed by atoms with E-state index in [1.807, 2.05) is 13.8 Å². The molecule has 0 aromatic heterocycles. The number of amides is 4. The van der Waals surface area contributed by atoms with E-state index in [9.17, 15) is 37.6 Å². The number of alkyl carbamates (subject to hydrolysis) is 1. The van der Waals surface area contributed by atoms with Gasteiger partial charge in [-0.25, -0.2) is 4.79 Å². The van der Waals surface area contributed by atoms with E-state index in [-0.39, 0.29) is 41.7 Å². The van der Waals surface area contributed by atoms with Gasteiger partial charge < -0.3 is 25.6 Å². The molecule has 0 bridgehead atoms. The molecule has 41 heavy (non-hydrogen) atoms. The summed E-state index contributed by atoms with van der Waals surface area (Å²) in [4.78, 5) is 53.8. The second-order valence-electron chi connectivity index (χ2n) is 14.3. The van der Waals surface area contributed by atoms with E-state index < -0.39 is 59.1 Å². The van der Waals surface area contributed by atoms with Gasteiger partial charge in [0, 0.05) is 18.0 Å². The summed E-state index contributed by atoms with van der Waals surface area (Å²) < 4.78 is 44.5. The lowest BCUT2D eigenvalue weighted by Crippen LogP contribution is -2.60. The first-order valence-electron chi connectivity index (χ1n) is 14.0. The predicted octanol–water partition coefficient (Wildman–Crippen LogP) is 3.02. The van der Waals surface area contributed by atoms with Crippen LogP contribution in [0.5, 0.6) is 0 Å². The number of likely N-dealkylation sites (tertiary alicyclic amines) is 1. The van der Waals surface area contributed by atoms with Crippen molar-refractivity contribution in [2.45, 2.75) is 110 Å². The Morgan fingerprint density at radius 2 is 1.76 bits per heavy atom. The molecule has 2 heterocycles. The van der Waals surface area contributed by atoms with Crippen LogP contribution < -0.4 is 16.0 Å². The molecule has 2 saturated carbocycles. The first kappa shape index (κ1) is 30.9. The molecule has 2 aliphatic heterocycles. The summed E-state index contributed by atoms with van der Waals surface area (Å²) in [5, 5.41) is 17.8. The van der Waals surface area contributed by atoms with Gasteiger partial charge in [-0.15, -0.1) is 0 Å². The van der Waals surface area contributed by atoms with Crippen molar-refractivity contribution < 1.29 is 37.1 Å². The molecule has 4 amide bonds. The molecule has 2 saturated heterocycles. The van der Waals surface area contributed by atoms with E-state index in [2.05, 4.69) is 26.8 Å². The summed E-state index contributed by atoms with van der Waals surface area (Å²) in [5.41, 5.74) is -4.14. The van der Waals surface area contributed by atoms with Gasteiger partial charge in [0.1, 0.15) is 18.1 Å². The number of rotatable bonds is 7. The lowest BCUT2D eigenvalue weighted by molar-refractivity contribution is -0.244. The van der Waals surface area contributed by atoms with Crippen molar-refractivity contribution in [3.63, 3.8) is 0 Å². The van der Waals surface area contributed by atoms with E-state index in [0.717, 1.165) is 12.8 Å². The van der Waals surface area contributed by atoms with E-state index >= 15 is 0 Å². The van der Waals surface area contributed by atoms with Crippen molar-refractivity contribution in [3.8, 4) is 6.07 Å². The fourth-order valence-electron chi connectivity index (χ4n) is 6.40. The third kappa shape index (κ3) is 5.84. The van der Waals surface area contributed by atoms with Gasteiger partial charge in [-0.1, -0.05) is 34.6 Å². The van der Waals surface area contributed by atoms with Crippen molar-refractivity contribution in [3.05, 3.63) is 0 Å². The van der Waals surface area contributed by atoms with Crippen LogP contribution in [0.2, 0.25) is 0 Å². The molecule has 6 atom stereocenters. The minimum atomic E-state index is -4.83. The molecule has 2 aliphatic carbocycles. The molecule has 4 rings (SSSR count). The number of carbonyl (C=O) groups excluding carboxylic acids is 4. The highest BCUT2D eigenvalue weighted by Gasteiger charge is 2.70. The fourth-order valence-corrected chi connectivity index (χ4v) is 6.40. The van der Waals surface area contributed by atoms with E-state index in [1.54, 1.807) is 20.8 Å². The van der Waals surface area contributed by atoms with Crippen LogP contribution in [-0.4, -0.2) is 70.7 Å². The number of nitrogens with one attached hydrogen (secondary N) is 3. The first-order chi connectivity index (χ1) is 18.6. The topological polar surface area (TPSA) is 141 Å². The minimum Gasteiger partial charge on any atom is -0.434 e. The molecule has 4 fully saturated rings. The van der Waals surface area contributed by atoms with Crippen LogP contribution in [0.3, 0.4) is 0 Å². The third-order valence-electron chi connectivity index (χ3n) is 9.41. The van der Waals surface area contributed by atoms with Gasteiger partial charge in [0.15, 0.2) is 0 Å². The van der Waals surface area contributed by atoms with Crippen LogP contribution in [0.1, 0.15) is 74.1 Å². The number of piperidine rings is 1. The number of hydrogen-bond acceptors (Lipinski definition) is 6. The summed E-state index contributed by atoms with van der Waals surface area (Å²) in [6, 6.07) is -1.11. The van der Waals surface area contributed by atoms with Gasteiger partial charge in [-0.2, -0.15) is 18.4 Å². The Hall–Kier alpha value is -3.04. The van der Waals surface area contributed by atoms with Crippen molar-refractivity contribution >= 4 is 23.8 Å². The van der Waals surface area contributed by atoms with Gasteiger partial charge >= 0.3 is 12.3 Å². The van der Waals surface area contributed by atoms with Crippen molar-refractivity contribution in [2.75, 3.05) is 6.54 Å². The minimum absolute atomic E-state index is 0.00481. The zero-order valence-corrected chi connectivity index (χ0v) is 24.6. The molecule has 3 N–H and O–H groups in total. The number of fused-ring (bicyclic) bond motifs is 1. The zero-order valence-electron chi connectivity index (χ0n) is 24.6. The number of nitriles is 1. The highest BCUT2D eigenvalue weighted by atomic mass is 19.4. The second kappa shape index (κ2) is 9.76. The van der Waals surface area contributed by atoms with E-state index in [4.69, 9.17) is 0 Å². The maximum Gasteiger partial charge on any atom is 0.427 e. The number of ether oxygens (including phenoxy) is 1. The lowest BCUT2D eigenvalue weighted by Gasteiger charge is -2.38. The molecule has 0 aromatic rings. The molecular weight excluding hydrogens is 543 g/mol. The highest BCUT2D eigenvalue weighted by molar-refractivity contribution is 5.93. The maximum absolute atomic E-state index is 13.9. The highest BCUT2D eigenvalue weighted by Crippen LogP contribution is 2.65. The van der Waals surface area contributed by atoms with Crippen molar-refractivity contribution in [1.82, 2.24) is 20.9 Å². The Bertz CT molecular complexity index is 1170. The Kier molecular flexibility index (Phi) is 7.36. The maximum atomic E-state index is 13.9. The van der Waals surface area contributed by atoms with Crippen LogP contribution >= 0.6 is 0 Å². The summed E-state index contributed by atoms with van der Waals surface area (Å²) in [5.74, 6) is -1.88. The standard InChI is InChI=1S/C28H40F3N5O5/c1-24(2,3)19(34-23(40)41-26(6,7)28(29,30)31)22(39)36-13-16-17(25(16,4)5)18(36)21(38)33-15(12-32)10-14-11-27(8-9-27)35-20(14)37/h14-19H,8-11,13H2,1-7H3,(H,33,38)(H,34,40)(H,35,37). The smallest absolute Gasteiger partial charge is 0.427 e. The lowest BCUT2D eigenvalue weighted by atomic mass is 9.85. The monoisotopic (exact) mass is 583 g/mol. The predicted molar refractivity (Wildman–Crippen MR) is 140 cm³/mol. The summed E-state index contributed by atoms with van der Waals surface area (Å²) in [6.45, 7) is 10.5. The molecule has 4 aliphatic rings. The van der Waals surface area contributed by atoms with Crippen molar-refractivity contribution in [1.29, 1.82) is 5.26 Å². The Morgan fingerprint density at radius 1 is 1.15 bits per heavy atom. The zero-order chi connectivity index (χ0) is 30.9. The Labute approximate surface area is 238 Å². The Balaban J connectivity index is 1.49. The number of alkyl halides is 3. The van der Waals surface area contributed by atoms with Gasteiger partial charge in [-0.05, 0) is 62.2 Å². The quantitative estimate of drug-likeness (QED) is 0.421. The summed E-state index contributed by atoms with van der Waals surface area (Å²) in [6.07, 6.45) is -3.65. The molecule has 228 valence electrons. The van der Waals surface area contributed by atoms with Gasteiger partial charge in [0.05, 0.1) is 6.07 Å². The van der Waals surface area contributed by atoms with Crippen LogP contribution in [0, 0.1) is 39.9 Å². The van der Waals surface area contributed by atoms with Gasteiger partial charge in [0.2, 0.25) is 23.3 Å². The molecule has 6 unspecified atom stereocenters. The molecule has 10 nitrogen and oxygen atoms in total. The molecular formula is C28H40F3N5O5. The van der Waals surface area contributed by atoms with Crippen LogP contribution in [0.25, 0.3) is 0 Å². The average molecular weight is 584 g/mol. The summed E-state index contributed by atoms with van der Waals surface area (Å²) in [7, 11) is 0. The Morgan fingerprint density at radius 3 is 2.24 bits per heavy atom. The van der Waals surface area contributed by atoms with Gasteiger partial charge in [0.25, 0.3) is 0 Å². The van der Waals surface area contributed by atoms with Crippen LogP contribution in [-0.2, 0) is 19.1 Å². The largest absolute Gasteiger partial charge is 0.434 e. The molecule has 0 radical (unpaired) electrons. The number of hydrogen-bond donors (Lipinski definition) is 3. The van der Waals surface area contributed by atoms with Crippen molar-refractivity contribution in [2.24, 2.45) is 28.6 Å². The average Bonchev–Trinajstić information content (AvgIpc) is 3.54. The SMILES string of the molecule is CC(C)(C)C(NC(=O)OC(C)(C)C(F)(F)F)C(=O)N1CC2C(C1C(=O)NC(C#N)CC1CC3(CC3)NC1=O)C2(C)C. The molecule has 0 aromatic carbocycles. The third-order valence-corrected chi connectivity index (χ3v) is 9.41. The number of carbonyl (C=O) groups is 4. The normalized spacial score (nSPS) is 29.1. The first-order valence-corrected chi connectivity index (χ1v) is 14.0. The molecule has 1 spiro atoms.